The first kappa shape index (κ1) is 17.4. The largest absolute Gasteiger partial charge is 0.377 e. The standard InChI is InChI=1S/C21H27N7O/c1-13-12-29-10-9-26(13)19-11-16-14(2)27(15-3-4-15)8-6-17-20(16)21(23-19)28(25-17)18-5-7-22-24-18/h5,7,11,13-15H,3-4,6,8-10,12H2,1-2H3,(H,22,24)/t13-,14?/m1/s1. The molecule has 2 atom stereocenters. The number of pyridine rings is 1. The van der Waals surface area contributed by atoms with Crippen LogP contribution in [-0.4, -0.2) is 68.2 Å². The smallest absolute Gasteiger partial charge is 0.167 e. The monoisotopic (exact) mass is 393 g/mol. The average molecular weight is 393 g/mol. The van der Waals surface area contributed by atoms with E-state index >= 15 is 0 Å². The zero-order valence-electron chi connectivity index (χ0n) is 17.0. The second-order valence-electron chi connectivity index (χ2n) is 8.58. The topological polar surface area (TPSA) is 75.1 Å². The van der Waals surface area contributed by atoms with Gasteiger partial charge >= 0.3 is 0 Å². The number of nitrogens with zero attached hydrogens (tertiary/aromatic N) is 6. The molecule has 2 aliphatic heterocycles. The van der Waals surface area contributed by atoms with Crippen LogP contribution in [0.3, 0.4) is 0 Å². The second kappa shape index (κ2) is 6.53. The van der Waals surface area contributed by atoms with Crippen LogP contribution in [-0.2, 0) is 11.2 Å². The fourth-order valence-corrected chi connectivity index (χ4v) is 4.97. The van der Waals surface area contributed by atoms with E-state index in [9.17, 15) is 0 Å². The average Bonchev–Trinajstić information content (AvgIpc) is 3.32. The first-order valence-electron chi connectivity index (χ1n) is 10.7. The predicted octanol–water partition coefficient (Wildman–Crippen LogP) is 2.45. The van der Waals surface area contributed by atoms with E-state index in [0.29, 0.717) is 12.1 Å². The molecule has 3 aromatic heterocycles. The predicted molar refractivity (Wildman–Crippen MR) is 110 cm³/mol. The van der Waals surface area contributed by atoms with Crippen LogP contribution in [0, 0.1) is 0 Å². The molecule has 1 N–H and O–H groups in total. The van der Waals surface area contributed by atoms with Crippen molar-refractivity contribution in [3.63, 3.8) is 0 Å². The van der Waals surface area contributed by atoms with E-state index in [-0.39, 0.29) is 0 Å². The molecular weight excluding hydrogens is 366 g/mol. The molecule has 152 valence electrons. The maximum absolute atomic E-state index is 5.66. The van der Waals surface area contributed by atoms with Gasteiger partial charge in [0.25, 0.3) is 0 Å². The molecular formula is C21H27N7O. The van der Waals surface area contributed by atoms with E-state index in [0.717, 1.165) is 61.7 Å². The van der Waals surface area contributed by atoms with Crippen molar-refractivity contribution in [2.75, 3.05) is 31.2 Å². The summed E-state index contributed by atoms with van der Waals surface area (Å²) in [6.45, 7) is 7.96. The summed E-state index contributed by atoms with van der Waals surface area (Å²) in [6, 6.07) is 5.67. The van der Waals surface area contributed by atoms with Gasteiger partial charge in [-0.3, -0.25) is 10.00 Å². The fourth-order valence-electron chi connectivity index (χ4n) is 4.97. The third-order valence-electron chi connectivity index (χ3n) is 6.67. The zero-order chi connectivity index (χ0) is 19.5. The molecule has 5 heterocycles. The molecule has 3 aromatic rings. The van der Waals surface area contributed by atoms with Gasteiger partial charge in [-0.1, -0.05) is 0 Å². The Labute approximate surface area is 169 Å². The molecule has 8 nitrogen and oxygen atoms in total. The number of aromatic amines is 1. The summed E-state index contributed by atoms with van der Waals surface area (Å²) in [5, 5.41) is 13.4. The van der Waals surface area contributed by atoms with Gasteiger partial charge in [0.05, 0.1) is 31.1 Å². The Bertz CT molecular complexity index is 1040. The van der Waals surface area contributed by atoms with Crippen LogP contribution in [0.15, 0.2) is 18.3 Å². The Kier molecular flexibility index (Phi) is 3.92. The van der Waals surface area contributed by atoms with Gasteiger partial charge in [-0.2, -0.15) is 14.9 Å². The summed E-state index contributed by atoms with van der Waals surface area (Å²) in [6.07, 6.45) is 5.36. The van der Waals surface area contributed by atoms with Crippen molar-refractivity contribution in [3.05, 3.63) is 29.6 Å². The van der Waals surface area contributed by atoms with E-state index in [4.69, 9.17) is 14.8 Å². The SMILES string of the molecule is CC1c2cc(N3CCOC[C@H]3C)nc3c2c(nn3-c2ccn[nH]2)CCN1C1CC1. The lowest BCUT2D eigenvalue weighted by atomic mass is 10.0. The normalized spacial score (nSPS) is 25.5. The molecule has 0 radical (unpaired) electrons. The molecule has 1 aliphatic carbocycles. The summed E-state index contributed by atoms with van der Waals surface area (Å²) in [5.41, 5.74) is 3.43. The fraction of sp³-hybridized carbons (Fsp3) is 0.571. The van der Waals surface area contributed by atoms with E-state index in [1.165, 1.54) is 23.8 Å². The maximum atomic E-state index is 5.66. The molecule has 29 heavy (non-hydrogen) atoms. The Balaban J connectivity index is 1.57. The minimum Gasteiger partial charge on any atom is -0.377 e. The molecule has 2 fully saturated rings. The van der Waals surface area contributed by atoms with E-state index in [1.807, 2.05) is 10.7 Å². The third kappa shape index (κ3) is 2.77. The highest BCUT2D eigenvalue weighted by Gasteiger charge is 2.37. The van der Waals surface area contributed by atoms with Gasteiger partial charge < -0.3 is 9.64 Å². The first-order chi connectivity index (χ1) is 14.2. The van der Waals surface area contributed by atoms with Crippen molar-refractivity contribution in [3.8, 4) is 5.82 Å². The van der Waals surface area contributed by atoms with Crippen LogP contribution >= 0.6 is 0 Å². The lowest BCUT2D eigenvalue weighted by Gasteiger charge is -2.35. The Morgan fingerprint density at radius 3 is 2.86 bits per heavy atom. The third-order valence-corrected chi connectivity index (χ3v) is 6.67. The van der Waals surface area contributed by atoms with Gasteiger partial charge in [0.15, 0.2) is 11.5 Å². The van der Waals surface area contributed by atoms with Crippen LogP contribution in [0.5, 0.6) is 0 Å². The molecule has 0 amide bonds. The van der Waals surface area contributed by atoms with Crippen molar-refractivity contribution in [1.29, 1.82) is 0 Å². The van der Waals surface area contributed by atoms with Crippen LogP contribution in [0.4, 0.5) is 5.82 Å². The van der Waals surface area contributed by atoms with Crippen molar-refractivity contribution < 1.29 is 4.74 Å². The second-order valence-corrected chi connectivity index (χ2v) is 8.58. The van der Waals surface area contributed by atoms with Crippen molar-refractivity contribution in [2.45, 2.75) is 51.2 Å². The van der Waals surface area contributed by atoms with E-state index < -0.39 is 0 Å². The molecule has 0 bridgehead atoms. The van der Waals surface area contributed by atoms with Gasteiger partial charge in [0, 0.05) is 43.0 Å². The highest BCUT2D eigenvalue weighted by molar-refractivity contribution is 5.86. The summed E-state index contributed by atoms with van der Waals surface area (Å²) in [5.74, 6) is 1.89. The van der Waals surface area contributed by atoms with Crippen LogP contribution in [0.2, 0.25) is 0 Å². The highest BCUT2D eigenvalue weighted by Crippen LogP contribution is 2.41. The minimum absolute atomic E-state index is 0.310. The number of ether oxygens (including phenoxy) is 1. The minimum atomic E-state index is 0.310. The van der Waals surface area contributed by atoms with Gasteiger partial charge in [-0.15, -0.1) is 0 Å². The van der Waals surface area contributed by atoms with Gasteiger partial charge in [-0.05, 0) is 38.3 Å². The number of aromatic nitrogens is 5. The number of rotatable bonds is 3. The Morgan fingerprint density at radius 2 is 2.10 bits per heavy atom. The van der Waals surface area contributed by atoms with E-state index in [1.54, 1.807) is 6.20 Å². The van der Waals surface area contributed by atoms with E-state index in [2.05, 4.69) is 39.9 Å². The molecule has 0 spiro atoms. The van der Waals surface area contributed by atoms with Gasteiger partial charge in [0.1, 0.15) is 5.82 Å². The van der Waals surface area contributed by atoms with Gasteiger partial charge in [0.2, 0.25) is 0 Å². The zero-order valence-corrected chi connectivity index (χ0v) is 17.0. The van der Waals surface area contributed by atoms with Crippen molar-refractivity contribution in [2.24, 2.45) is 0 Å². The quantitative estimate of drug-likeness (QED) is 0.737. The van der Waals surface area contributed by atoms with Crippen molar-refractivity contribution in [1.82, 2.24) is 29.9 Å². The number of hydrogen-bond acceptors (Lipinski definition) is 6. The van der Waals surface area contributed by atoms with Crippen LogP contribution in [0.25, 0.3) is 16.9 Å². The maximum Gasteiger partial charge on any atom is 0.167 e. The molecule has 6 rings (SSSR count). The highest BCUT2D eigenvalue weighted by atomic mass is 16.5. The molecule has 0 aromatic carbocycles. The Hall–Kier alpha value is -2.45. The molecule has 1 saturated carbocycles. The number of anilines is 1. The first-order valence-corrected chi connectivity index (χ1v) is 10.7. The molecule has 3 aliphatic rings. The molecule has 1 unspecified atom stereocenters. The van der Waals surface area contributed by atoms with Gasteiger partial charge in [-0.25, -0.2) is 4.98 Å². The lowest BCUT2D eigenvalue weighted by Crippen LogP contribution is -2.44. The summed E-state index contributed by atoms with van der Waals surface area (Å²) < 4.78 is 7.60. The lowest BCUT2D eigenvalue weighted by molar-refractivity contribution is 0.0985. The number of hydrogen-bond donors (Lipinski definition) is 1. The summed E-state index contributed by atoms with van der Waals surface area (Å²) >= 11 is 0. The Morgan fingerprint density at radius 1 is 1.21 bits per heavy atom. The van der Waals surface area contributed by atoms with Crippen LogP contribution < -0.4 is 4.90 Å². The molecule has 8 heteroatoms. The number of nitrogens with one attached hydrogen (secondary N) is 1. The van der Waals surface area contributed by atoms with Crippen molar-refractivity contribution >= 4 is 16.9 Å². The summed E-state index contributed by atoms with van der Waals surface area (Å²) in [4.78, 5) is 10.2. The number of morpholine rings is 1. The molecule has 1 saturated heterocycles. The van der Waals surface area contributed by atoms with Crippen LogP contribution in [0.1, 0.15) is 44.0 Å². The number of H-pyrrole nitrogens is 1. The summed E-state index contributed by atoms with van der Waals surface area (Å²) in [7, 11) is 0.